The molecule has 2 atom stereocenters. The van der Waals surface area contributed by atoms with Crippen LogP contribution in [0.15, 0.2) is 72.8 Å². The molecule has 0 bridgehead atoms. The van der Waals surface area contributed by atoms with Gasteiger partial charge in [-0.25, -0.2) is 8.42 Å². The number of nitrogens with one attached hydrogen (secondary N) is 1. The normalized spacial score (nSPS) is 12.8. The summed E-state index contributed by atoms with van der Waals surface area (Å²) in [4.78, 5) is 28.1. The van der Waals surface area contributed by atoms with Crippen molar-refractivity contribution in [3.63, 3.8) is 0 Å². The van der Waals surface area contributed by atoms with Crippen LogP contribution >= 0.6 is 23.2 Å². The van der Waals surface area contributed by atoms with Gasteiger partial charge >= 0.3 is 0 Å². The Balaban J connectivity index is 1.90. The molecule has 11 heteroatoms. The Morgan fingerprint density at radius 1 is 0.900 bits per heavy atom. The number of carbonyl (C=O) groups is 2. The summed E-state index contributed by atoms with van der Waals surface area (Å²) in [6.45, 7) is 4.75. The number of nitrogens with zero attached hydrogens (tertiary/aromatic N) is 2. The van der Waals surface area contributed by atoms with E-state index >= 15 is 0 Å². The minimum absolute atomic E-state index is 0.0894. The summed E-state index contributed by atoms with van der Waals surface area (Å²) in [6, 6.07) is 19.4. The van der Waals surface area contributed by atoms with E-state index in [0.29, 0.717) is 33.5 Å². The van der Waals surface area contributed by atoms with E-state index in [1.807, 2.05) is 32.0 Å². The van der Waals surface area contributed by atoms with Gasteiger partial charge in [0.15, 0.2) is 0 Å². The largest absolute Gasteiger partial charge is 0.457 e. The molecule has 0 fully saturated rings. The Labute approximate surface area is 245 Å². The minimum Gasteiger partial charge on any atom is -0.457 e. The second-order valence-electron chi connectivity index (χ2n) is 9.39. The molecule has 0 aliphatic carbocycles. The summed E-state index contributed by atoms with van der Waals surface area (Å²) in [5.74, 6) is 0.154. The van der Waals surface area contributed by atoms with Gasteiger partial charge in [0.2, 0.25) is 21.8 Å². The topological polar surface area (TPSA) is 96.0 Å². The molecule has 0 aliphatic rings. The number of benzene rings is 3. The third kappa shape index (κ3) is 8.36. The molecule has 0 aromatic heterocycles. The molecule has 3 rings (SSSR count). The number of amides is 2. The van der Waals surface area contributed by atoms with Crippen LogP contribution in [0.25, 0.3) is 0 Å². The van der Waals surface area contributed by atoms with Gasteiger partial charge in [0, 0.05) is 28.2 Å². The van der Waals surface area contributed by atoms with Crippen molar-refractivity contribution < 1.29 is 22.7 Å². The molecule has 0 unspecified atom stereocenters. The van der Waals surface area contributed by atoms with Crippen LogP contribution in [0.5, 0.6) is 11.5 Å². The Bertz CT molecular complexity index is 1400. The summed E-state index contributed by atoms with van der Waals surface area (Å²) < 4.78 is 32.4. The standard InChI is InChI=1S/C29H33Cl2N3O5S/c1-5-20(2)32-29(36)21(3)33(18-25-26(30)12-9-13-27(25)31)28(35)19-34(40(4,37)38)22-14-16-24(17-15-22)39-23-10-7-6-8-11-23/h6-17,20-21H,5,18-19H2,1-4H3,(H,32,36)/t20-,21+/m0/s1. The van der Waals surface area contributed by atoms with Crippen molar-refractivity contribution in [2.45, 2.75) is 45.8 Å². The number of sulfonamides is 1. The van der Waals surface area contributed by atoms with Crippen molar-refractivity contribution in [2.75, 3.05) is 17.1 Å². The lowest BCUT2D eigenvalue weighted by molar-refractivity contribution is -0.139. The van der Waals surface area contributed by atoms with Crippen LogP contribution in [0.1, 0.15) is 32.8 Å². The van der Waals surface area contributed by atoms with Crippen LogP contribution < -0.4 is 14.4 Å². The summed E-state index contributed by atoms with van der Waals surface area (Å²) >= 11 is 12.8. The first-order valence-corrected chi connectivity index (χ1v) is 15.3. The predicted molar refractivity (Wildman–Crippen MR) is 160 cm³/mol. The van der Waals surface area contributed by atoms with Crippen LogP contribution in [0.2, 0.25) is 10.0 Å². The van der Waals surface area contributed by atoms with E-state index in [0.717, 1.165) is 10.6 Å². The molecule has 0 saturated carbocycles. The number of ether oxygens (including phenoxy) is 1. The average Bonchev–Trinajstić information content (AvgIpc) is 2.91. The van der Waals surface area contributed by atoms with Gasteiger partial charge in [0.25, 0.3) is 0 Å². The molecule has 8 nitrogen and oxygen atoms in total. The van der Waals surface area contributed by atoms with E-state index in [4.69, 9.17) is 27.9 Å². The van der Waals surface area contributed by atoms with Gasteiger partial charge in [-0.1, -0.05) is 54.4 Å². The maximum absolute atomic E-state index is 13.7. The van der Waals surface area contributed by atoms with Crippen molar-refractivity contribution in [2.24, 2.45) is 0 Å². The Hall–Kier alpha value is -3.27. The van der Waals surface area contributed by atoms with Gasteiger partial charge in [-0.2, -0.15) is 0 Å². The average molecular weight is 607 g/mol. The minimum atomic E-state index is -3.88. The van der Waals surface area contributed by atoms with Crippen molar-refractivity contribution in [1.29, 1.82) is 0 Å². The van der Waals surface area contributed by atoms with E-state index in [9.17, 15) is 18.0 Å². The predicted octanol–water partition coefficient (Wildman–Crippen LogP) is 5.88. The Morgan fingerprint density at radius 2 is 1.48 bits per heavy atom. The summed E-state index contributed by atoms with van der Waals surface area (Å²) in [6.07, 6.45) is 1.72. The van der Waals surface area contributed by atoms with Gasteiger partial charge < -0.3 is 15.0 Å². The van der Waals surface area contributed by atoms with E-state index in [1.54, 1.807) is 61.5 Å². The molecule has 3 aromatic rings. The van der Waals surface area contributed by atoms with Crippen molar-refractivity contribution in [3.05, 3.63) is 88.4 Å². The smallest absolute Gasteiger partial charge is 0.244 e. The first-order valence-electron chi connectivity index (χ1n) is 12.7. The molecule has 0 heterocycles. The van der Waals surface area contributed by atoms with Crippen molar-refractivity contribution in [1.82, 2.24) is 10.2 Å². The molecule has 1 N–H and O–H groups in total. The lowest BCUT2D eigenvalue weighted by atomic mass is 10.1. The second-order valence-corrected chi connectivity index (χ2v) is 12.1. The van der Waals surface area contributed by atoms with Gasteiger partial charge in [-0.05, 0) is 68.8 Å². The summed E-state index contributed by atoms with van der Waals surface area (Å²) in [5.41, 5.74) is 0.722. The molecule has 0 saturated heterocycles. The van der Waals surface area contributed by atoms with E-state index in [-0.39, 0.29) is 24.2 Å². The highest BCUT2D eigenvalue weighted by atomic mass is 35.5. The van der Waals surface area contributed by atoms with Crippen molar-refractivity contribution in [3.8, 4) is 11.5 Å². The first kappa shape index (κ1) is 31.3. The molecule has 0 spiro atoms. The fourth-order valence-corrected chi connectivity index (χ4v) is 5.19. The van der Waals surface area contributed by atoms with E-state index in [2.05, 4.69) is 5.32 Å². The maximum atomic E-state index is 13.7. The highest BCUT2D eigenvalue weighted by Gasteiger charge is 2.31. The first-order chi connectivity index (χ1) is 18.9. The molecule has 40 heavy (non-hydrogen) atoms. The SMILES string of the molecule is CC[C@H](C)NC(=O)[C@@H](C)N(Cc1c(Cl)cccc1Cl)C(=O)CN(c1ccc(Oc2ccccc2)cc1)S(C)(=O)=O. The molecule has 0 aliphatic heterocycles. The van der Waals surface area contributed by atoms with Gasteiger partial charge in [0.05, 0.1) is 11.9 Å². The second kappa shape index (κ2) is 13.9. The zero-order chi connectivity index (χ0) is 29.4. The Morgan fingerprint density at radius 3 is 2.02 bits per heavy atom. The van der Waals surface area contributed by atoms with E-state index in [1.165, 1.54) is 4.90 Å². The number of halogens is 2. The fraction of sp³-hybridized carbons (Fsp3) is 0.310. The highest BCUT2D eigenvalue weighted by Crippen LogP contribution is 2.28. The van der Waals surface area contributed by atoms with E-state index < -0.39 is 28.5 Å². The molecular weight excluding hydrogens is 573 g/mol. The zero-order valence-electron chi connectivity index (χ0n) is 22.8. The quantitative estimate of drug-likeness (QED) is 0.278. The number of carbonyl (C=O) groups excluding carboxylic acids is 2. The highest BCUT2D eigenvalue weighted by molar-refractivity contribution is 7.92. The molecular formula is C29H33Cl2N3O5S. The number of hydrogen-bond acceptors (Lipinski definition) is 5. The fourth-order valence-electron chi connectivity index (χ4n) is 3.82. The number of anilines is 1. The van der Waals surface area contributed by atoms with Crippen molar-refractivity contribution >= 4 is 50.7 Å². The molecule has 0 radical (unpaired) electrons. The third-order valence-electron chi connectivity index (χ3n) is 6.34. The van der Waals surface area contributed by atoms with Crippen LogP contribution in [-0.4, -0.2) is 50.0 Å². The van der Waals surface area contributed by atoms with Crippen LogP contribution in [0.3, 0.4) is 0 Å². The number of rotatable bonds is 12. The summed E-state index contributed by atoms with van der Waals surface area (Å²) in [5, 5.41) is 3.53. The molecule has 3 aromatic carbocycles. The van der Waals surface area contributed by atoms with Crippen LogP contribution in [0, 0.1) is 0 Å². The third-order valence-corrected chi connectivity index (χ3v) is 8.19. The maximum Gasteiger partial charge on any atom is 0.244 e. The lowest BCUT2D eigenvalue weighted by Crippen LogP contribution is -2.52. The van der Waals surface area contributed by atoms with Gasteiger partial charge in [-0.3, -0.25) is 13.9 Å². The lowest BCUT2D eigenvalue weighted by Gasteiger charge is -2.32. The number of para-hydroxylation sites is 1. The van der Waals surface area contributed by atoms with Crippen LogP contribution in [-0.2, 0) is 26.2 Å². The summed E-state index contributed by atoms with van der Waals surface area (Å²) in [7, 11) is -3.88. The van der Waals surface area contributed by atoms with Crippen LogP contribution in [0.4, 0.5) is 5.69 Å². The Kier molecular flexibility index (Phi) is 10.8. The monoisotopic (exact) mass is 605 g/mol. The van der Waals surface area contributed by atoms with Gasteiger partial charge in [-0.15, -0.1) is 0 Å². The zero-order valence-corrected chi connectivity index (χ0v) is 25.1. The van der Waals surface area contributed by atoms with Gasteiger partial charge in [0.1, 0.15) is 24.1 Å². The molecule has 214 valence electrons. The number of hydrogen-bond donors (Lipinski definition) is 1. The molecule has 2 amide bonds.